The molecule has 2 fully saturated rings. The third kappa shape index (κ3) is 1.84. The smallest absolute Gasteiger partial charge is 0.178 e. The molecule has 2 aliphatic carbocycles. The first-order valence-corrected chi connectivity index (χ1v) is 7.45. The van der Waals surface area contributed by atoms with Gasteiger partial charge in [-0.1, -0.05) is 11.6 Å². The maximum atomic E-state index is 13.7. The van der Waals surface area contributed by atoms with Gasteiger partial charge in [-0.25, -0.2) is 4.39 Å². The molecule has 0 saturated heterocycles. The van der Waals surface area contributed by atoms with Crippen molar-refractivity contribution in [3.8, 4) is 0 Å². The molecule has 1 aromatic carbocycles. The van der Waals surface area contributed by atoms with Crippen molar-refractivity contribution in [1.29, 1.82) is 0 Å². The predicted molar refractivity (Wildman–Crippen MR) is 76.5 cm³/mol. The standard InChI is InChI=1S/C14H14ClFN2S/c15-9-5-11-12(6-10(9)16)18(13(19)17-11)7-14(3-4-14)8-1-2-8/h5-6,8H,1-4,7H2,(H,17,19). The number of halogens is 2. The zero-order chi connectivity index (χ0) is 13.2. The lowest BCUT2D eigenvalue weighted by atomic mass is 10.0. The van der Waals surface area contributed by atoms with E-state index in [1.807, 2.05) is 0 Å². The molecule has 1 aromatic heterocycles. The number of hydrogen-bond donors (Lipinski definition) is 1. The number of aromatic nitrogens is 2. The fourth-order valence-electron chi connectivity index (χ4n) is 3.18. The molecule has 1 N–H and O–H groups in total. The molecular weight excluding hydrogens is 283 g/mol. The van der Waals surface area contributed by atoms with E-state index < -0.39 is 0 Å². The van der Waals surface area contributed by atoms with Gasteiger partial charge in [-0.05, 0) is 55.3 Å². The van der Waals surface area contributed by atoms with E-state index in [-0.39, 0.29) is 10.8 Å². The lowest BCUT2D eigenvalue weighted by molar-refractivity contribution is 0.373. The van der Waals surface area contributed by atoms with Gasteiger partial charge in [-0.15, -0.1) is 0 Å². The molecule has 0 bridgehead atoms. The van der Waals surface area contributed by atoms with E-state index in [1.54, 1.807) is 6.07 Å². The highest BCUT2D eigenvalue weighted by Gasteiger charge is 2.53. The van der Waals surface area contributed by atoms with Crippen molar-refractivity contribution >= 4 is 34.9 Å². The second-order valence-corrected chi connectivity index (χ2v) is 6.73. The van der Waals surface area contributed by atoms with Crippen LogP contribution in [0.1, 0.15) is 25.7 Å². The zero-order valence-electron chi connectivity index (χ0n) is 10.4. The molecule has 5 heteroatoms. The third-order valence-corrected chi connectivity index (χ3v) is 5.24. The number of nitrogens with zero attached hydrogens (tertiary/aromatic N) is 1. The van der Waals surface area contributed by atoms with E-state index in [1.165, 1.54) is 31.7 Å². The Hall–Kier alpha value is -0.870. The van der Waals surface area contributed by atoms with Gasteiger partial charge in [-0.3, -0.25) is 0 Å². The van der Waals surface area contributed by atoms with Crippen molar-refractivity contribution in [2.45, 2.75) is 32.2 Å². The van der Waals surface area contributed by atoms with Crippen LogP contribution in [0.25, 0.3) is 11.0 Å². The van der Waals surface area contributed by atoms with E-state index in [0.717, 1.165) is 23.5 Å². The summed E-state index contributed by atoms with van der Waals surface area (Å²) < 4.78 is 16.4. The molecule has 1 heterocycles. The highest BCUT2D eigenvalue weighted by atomic mass is 35.5. The average molecular weight is 297 g/mol. The van der Waals surface area contributed by atoms with Crippen LogP contribution >= 0.6 is 23.8 Å². The first-order chi connectivity index (χ1) is 9.09. The summed E-state index contributed by atoms with van der Waals surface area (Å²) >= 11 is 11.2. The topological polar surface area (TPSA) is 20.7 Å². The van der Waals surface area contributed by atoms with Crippen molar-refractivity contribution in [3.05, 3.63) is 27.7 Å². The van der Waals surface area contributed by atoms with E-state index in [4.69, 9.17) is 23.8 Å². The van der Waals surface area contributed by atoms with Gasteiger partial charge in [0.15, 0.2) is 4.77 Å². The zero-order valence-corrected chi connectivity index (χ0v) is 12.0. The quantitative estimate of drug-likeness (QED) is 0.816. The molecular formula is C14H14ClFN2S. The number of rotatable bonds is 3. The number of hydrogen-bond acceptors (Lipinski definition) is 1. The summed E-state index contributed by atoms with van der Waals surface area (Å²) in [6, 6.07) is 3.11. The molecule has 19 heavy (non-hydrogen) atoms. The van der Waals surface area contributed by atoms with Crippen LogP contribution in [0.2, 0.25) is 5.02 Å². The Morgan fingerprint density at radius 2 is 2.16 bits per heavy atom. The summed E-state index contributed by atoms with van der Waals surface area (Å²) in [6.45, 7) is 0.914. The van der Waals surface area contributed by atoms with Gasteiger partial charge >= 0.3 is 0 Å². The molecule has 2 aromatic rings. The summed E-state index contributed by atoms with van der Waals surface area (Å²) in [6.07, 6.45) is 5.25. The van der Waals surface area contributed by atoms with Crippen molar-refractivity contribution in [2.24, 2.45) is 11.3 Å². The lowest BCUT2D eigenvalue weighted by Gasteiger charge is -2.15. The minimum atomic E-state index is -0.381. The summed E-state index contributed by atoms with van der Waals surface area (Å²) in [5, 5.41) is 0.138. The van der Waals surface area contributed by atoms with Gasteiger partial charge in [0.2, 0.25) is 0 Å². The van der Waals surface area contributed by atoms with Gasteiger partial charge in [0.05, 0.1) is 16.1 Å². The molecule has 2 saturated carbocycles. The molecule has 0 spiro atoms. The van der Waals surface area contributed by atoms with E-state index >= 15 is 0 Å². The monoisotopic (exact) mass is 296 g/mol. The van der Waals surface area contributed by atoms with E-state index in [9.17, 15) is 4.39 Å². The molecule has 2 nitrogen and oxygen atoms in total. The normalized spacial score (nSPS) is 20.9. The highest BCUT2D eigenvalue weighted by molar-refractivity contribution is 7.71. The van der Waals surface area contributed by atoms with Crippen LogP contribution in [-0.4, -0.2) is 9.55 Å². The molecule has 0 atom stereocenters. The molecule has 4 rings (SSSR count). The number of aromatic amines is 1. The summed E-state index contributed by atoms with van der Waals surface area (Å²) in [7, 11) is 0. The second kappa shape index (κ2) is 3.83. The second-order valence-electron chi connectivity index (χ2n) is 5.94. The van der Waals surface area contributed by atoms with Gasteiger partial charge < -0.3 is 9.55 Å². The van der Waals surface area contributed by atoms with Crippen LogP contribution in [0.4, 0.5) is 4.39 Å². The molecule has 100 valence electrons. The van der Waals surface area contributed by atoms with Gasteiger partial charge in [-0.2, -0.15) is 0 Å². The Morgan fingerprint density at radius 3 is 2.79 bits per heavy atom. The van der Waals surface area contributed by atoms with E-state index in [0.29, 0.717) is 10.2 Å². The van der Waals surface area contributed by atoms with Gasteiger partial charge in [0.25, 0.3) is 0 Å². The minimum Gasteiger partial charge on any atom is -0.331 e. The number of nitrogens with one attached hydrogen (secondary N) is 1. The number of fused-ring (bicyclic) bond motifs is 1. The Bertz CT molecular complexity index is 725. The van der Waals surface area contributed by atoms with Crippen LogP contribution in [0.3, 0.4) is 0 Å². The van der Waals surface area contributed by atoms with E-state index in [2.05, 4.69) is 9.55 Å². The van der Waals surface area contributed by atoms with Crippen LogP contribution in [0.15, 0.2) is 12.1 Å². The Morgan fingerprint density at radius 1 is 1.42 bits per heavy atom. The van der Waals surface area contributed by atoms with Crippen LogP contribution in [0, 0.1) is 21.9 Å². The Kier molecular flexibility index (Phi) is 2.40. The first kappa shape index (κ1) is 11.9. The maximum Gasteiger partial charge on any atom is 0.178 e. The molecule has 0 radical (unpaired) electrons. The average Bonchev–Trinajstić information content (AvgIpc) is 3.24. The summed E-state index contributed by atoms with van der Waals surface area (Å²) in [5.74, 6) is 0.477. The lowest BCUT2D eigenvalue weighted by Crippen LogP contribution is -2.13. The highest BCUT2D eigenvalue weighted by Crippen LogP contribution is 2.62. The molecule has 0 amide bonds. The largest absolute Gasteiger partial charge is 0.331 e. The summed E-state index contributed by atoms with van der Waals surface area (Å²) in [5.41, 5.74) is 2.09. The van der Waals surface area contributed by atoms with Gasteiger partial charge in [0, 0.05) is 12.6 Å². The van der Waals surface area contributed by atoms with Crippen LogP contribution in [-0.2, 0) is 6.54 Å². The molecule has 2 aliphatic rings. The summed E-state index contributed by atoms with van der Waals surface area (Å²) in [4.78, 5) is 3.13. The van der Waals surface area contributed by atoms with Crippen LogP contribution < -0.4 is 0 Å². The third-order valence-electron chi connectivity index (χ3n) is 4.62. The SMILES string of the molecule is Fc1cc2c(cc1Cl)[nH]c(=S)n2CC1(C2CC2)CC1. The number of imidazole rings is 1. The van der Waals surface area contributed by atoms with Crippen molar-refractivity contribution in [1.82, 2.24) is 9.55 Å². The van der Waals surface area contributed by atoms with Gasteiger partial charge in [0.1, 0.15) is 5.82 Å². The Labute approximate surface area is 120 Å². The van der Waals surface area contributed by atoms with Crippen molar-refractivity contribution in [2.75, 3.05) is 0 Å². The number of H-pyrrole nitrogens is 1. The number of benzene rings is 1. The fourth-order valence-corrected chi connectivity index (χ4v) is 3.61. The van der Waals surface area contributed by atoms with Crippen molar-refractivity contribution in [3.63, 3.8) is 0 Å². The maximum absolute atomic E-state index is 13.7. The van der Waals surface area contributed by atoms with Crippen molar-refractivity contribution < 1.29 is 4.39 Å². The predicted octanol–water partition coefficient (Wildman–Crippen LogP) is 4.68. The molecule has 0 unspecified atom stereocenters. The first-order valence-electron chi connectivity index (χ1n) is 6.67. The Balaban J connectivity index is 1.82. The fraction of sp³-hybridized carbons (Fsp3) is 0.500. The molecule has 0 aliphatic heterocycles. The van der Waals surface area contributed by atoms with Crippen LogP contribution in [0.5, 0.6) is 0 Å². The minimum absolute atomic E-state index is 0.138.